The lowest BCUT2D eigenvalue weighted by molar-refractivity contribution is 1.13. The highest BCUT2D eigenvalue weighted by atomic mass is 15.0. The van der Waals surface area contributed by atoms with E-state index in [2.05, 4.69) is 203 Å². The lowest BCUT2D eigenvalue weighted by Crippen LogP contribution is -1.97. The molecule has 262 valence electrons. The molecule has 0 radical (unpaired) electrons. The van der Waals surface area contributed by atoms with Gasteiger partial charge in [-0.3, -0.25) is 0 Å². The summed E-state index contributed by atoms with van der Waals surface area (Å²) >= 11 is 0. The summed E-state index contributed by atoms with van der Waals surface area (Å²) in [4.78, 5) is 10.2. The molecular formula is C52H34N4. The van der Waals surface area contributed by atoms with Gasteiger partial charge in [-0.2, -0.15) is 0 Å². The number of benzene rings is 8. The maximum absolute atomic E-state index is 5.12. The fraction of sp³-hybridized carbons (Fsp3) is 0. The van der Waals surface area contributed by atoms with Gasteiger partial charge in [0.2, 0.25) is 0 Å². The maximum Gasteiger partial charge on any atom is 0.160 e. The molecule has 3 aromatic heterocycles. The second-order valence-corrected chi connectivity index (χ2v) is 14.3. The zero-order chi connectivity index (χ0) is 37.0. The Kier molecular flexibility index (Phi) is 7.46. The average molecular weight is 715 g/mol. The molecule has 0 unspecified atom stereocenters. The molecule has 11 aromatic rings. The lowest BCUT2D eigenvalue weighted by Gasteiger charge is -2.13. The monoisotopic (exact) mass is 714 g/mol. The fourth-order valence-electron chi connectivity index (χ4n) is 8.32. The van der Waals surface area contributed by atoms with Crippen molar-refractivity contribution in [3.63, 3.8) is 0 Å². The van der Waals surface area contributed by atoms with E-state index in [1.54, 1.807) is 0 Å². The zero-order valence-corrected chi connectivity index (χ0v) is 30.4. The molecule has 3 heterocycles. The van der Waals surface area contributed by atoms with Crippen LogP contribution < -0.4 is 0 Å². The minimum Gasteiger partial charge on any atom is -0.317 e. The van der Waals surface area contributed by atoms with Crippen LogP contribution in [0.1, 0.15) is 0 Å². The summed E-state index contributed by atoms with van der Waals surface area (Å²) in [5.74, 6) is 0.698. The van der Waals surface area contributed by atoms with E-state index in [1.165, 1.54) is 43.5 Å². The summed E-state index contributed by atoms with van der Waals surface area (Å²) in [6, 6.07) is 71.0. The molecule has 4 heteroatoms. The topological polar surface area (TPSA) is 35.6 Å². The Bertz CT molecular complexity index is 3170. The van der Waals surface area contributed by atoms with E-state index in [9.17, 15) is 0 Å². The highest BCUT2D eigenvalue weighted by Crippen LogP contribution is 2.41. The first-order chi connectivity index (χ1) is 27.8. The van der Waals surface area contributed by atoms with Crippen LogP contribution in [0.15, 0.2) is 206 Å². The second-order valence-electron chi connectivity index (χ2n) is 14.3. The highest BCUT2D eigenvalue weighted by molar-refractivity contribution is 6.25. The minimum absolute atomic E-state index is 0.698. The quantitative estimate of drug-likeness (QED) is 0.172. The predicted molar refractivity (Wildman–Crippen MR) is 232 cm³/mol. The van der Waals surface area contributed by atoms with Crippen LogP contribution in [0.5, 0.6) is 0 Å². The van der Waals surface area contributed by atoms with Crippen LogP contribution in [0.4, 0.5) is 0 Å². The zero-order valence-electron chi connectivity index (χ0n) is 30.4. The third-order valence-electron chi connectivity index (χ3n) is 10.9. The number of fused-ring (bicyclic) bond motifs is 7. The third-order valence-corrected chi connectivity index (χ3v) is 10.9. The van der Waals surface area contributed by atoms with Crippen molar-refractivity contribution in [1.82, 2.24) is 19.1 Å². The third kappa shape index (κ3) is 5.31. The number of para-hydroxylation sites is 2. The van der Waals surface area contributed by atoms with Crippen molar-refractivity contribution in [3.8, 4) is 56.4 Å². The number of nitrogens with zero attached hydrogens (tertiary/aromatic N) is 4. The molecule has 0 amide bonds. The van der Waals surface area contributed by atoms with Crippen molar-refractivity contribution in [3.05, 3.63) is 206 Å². The number of hydrogen-bond donors (Lipinski definition) is 0. The maximum atomic E-state index is 5.12. The van der Waals surface area contributed by atoms with Crippen molar-refractivity contribution < 1.29 is 0 Å². The number of rotatable bonds is 6. The first-order valence-corrected chi connectivity index (χ1v) is 19.0. The molecule has 0 saturated heterocycles. The van der Waals surface area contributed by atoms with Crippen LogP contribution in [-0.4, -0.2) is 19.1 Å². The van der Waals surface area contributed by atoms with Crippen LogP contribution in [0, 0.1) is 0 Å². The lowest BCUT2D eigenvalue weighted by atomic mass is 10.0. The first-order valence-electron chi connectivity index (χ1n) is 19.0. The standard InChI is InChI=1S/C52H34N4/c1-4-14-35(15-5-1)46-34-47(36-16-6-2-7-17-36)54-52(53-46)40-20-12-18-38(32-40)39-19-13-23-42(33-39)56-49-25-11-10-24-43(49)44-28-26-37-27-29-48-45(50(37)51(44)56)30-31-55(48)41-21-8-3-9-22-41/h1-34H. The highest BCUT2D eigenvalue weighted by Gasteiger charge is 2.19. The van der Waals surface area contributed by atoms with E-state index >= 15 is 0 Å². The van der Waals surface area contributed by atoms with Crippen LogP contribution in [0.2, 0.25) is 0 Å². The van der Waals surface area contributed by atoms with Gasteiger partial charge in [0.15, 0.2) is 5.82 Å². The average Bonchev–Trinajstić information content (AvgIpc) is 3.87. The Balaban J connectivity index is 1.08. The van der Waals surface area contributed by atoms with Gasteiger partial charge in [-0.05, 0) is 71.1 Å². The molecule has 0 aliphatic heterocycles. The largest absolute Gasteiger partial charge is 0.317 e. The summed E-state index contributed by atoms with van der Waals surface area (Å²) in [6.45, 7) is 0. The Morgan fingerprint density at radius 1 is 0.357 bits per heavy atom. The van der Waals surface area contributed by atoms with E-state index in [1.807, 2.05) is 12.1 Å². The van der Waals surface area contributed by atoms with Crippen LogP contribution in [0.3, 0.4) is 0 Å². The Morgan fingerprint density at radius 2 is 0.946 bits per heavy atom. The van der Waals surface area contributed by atoms with E-state index in [0.29, 0.717) is 5.82 Å². The predicted octanol–water partition coefficient (Wildman–Crippen LogP) is 13.3. The van der Waals surface area contributed by atoms with Gasteiger partial charge in [0.1, 0.15) is 0 Å². The molecular weight excluding hydrogens is 681 g/mol. The summed E-state index contributed by atoms with van der Waals surface area (Å²) in [7, 11) is 0. The fourth-order valence-corrected chi connectivity index (χ4v) is 8.32. The summed E-state index contributed by atoms with van der Waals surface area (Å²) in [5, 5.41) is 6.18. The van der Waals surface area contributed by atoms with Gasteiger partial charge in [-0.15, -0.1) is 0 Å². The summed E-state index contributed by atoms with van der Waals surface area (Å²) in [6.07, 6.45) is 2.20. The second kappa shape index (κ2) is 13.1. The van der Waals surface area contributed by atoms with Crippen LogP contribution >= 0.6 is 0 Å². The summed E-state index contributed by atoms with van der Waals surface area (Å²) in [5.41, 5.74) is 13.0. The molecule has 0 atom stereocenters. The van der Waals surface area contributed by atoms with Crippen molar-refractivity contribution in [2.24, 2.45) is 0 Å². The van der Waals surface area contributed by atoms with Crippen molar-refractivity contribution in [2.45, 2.75) is 0 Å². The van der Waals surface area contributed by atoms with Gasteiger partial charge < -0.3 is 9.13 Å². The molecule has 4 nitrogen and oxygen atoms in total. The van der Waals surface area contributed by atoms with Gasteiger partial charge in [0.05, 0.1) is 27.9 Å². The van der Waals surface area contributed by atoms with E-state index in [0.717, 1.165) is 50.6 Å². The molecule has 0 aliphatic rings. The van der Waals surface area contributed by atoms with E-state index in [4.69, 9.17) is 9.97 Å². The molecule has 56 heavy (non-hydrogen) atoms. The normalized spacial score (nSPS) is 11.6. The number of aromatic nitrogens is 4. The van der Waals surface area contributed by atoms with Crippen LogP contribution in [0.25, 0.3) is 99.9 Å². The van der Waals surface area contributed by atoms with E-state index in [-0.39, 0.29) is 0 Å². The Morgan fingerprint density at radius 3 is 1.70 bits per heavy atom. The van der Waals surface area contributed by atoms with Gasteiger partial charge in [-0.1, -0.05) is 146 Å². The van der Waals surface area contributed by atoms with E-state index < -0.39 is 0 Å². The van der Waals surface area contributed by atoms with Gasteiger partial charge in [-0.25, -0.2) is 9.97 Å². The van der Waals surface area contributed by atoms with Gasteiger partial charge in [0.25, 0.3) is 0 Å². The SMILES string of the molecule is c1ccc(-c2cc(-c3ccccc3)nc(-c3cccc(-c4cccc(-n5c6ccccc6c6ccc7ccc8c(ccn8-c8ccccc8)c7c65)c4)c3)n2)cc1. The molecule has 0 saturated carbocycles. The van der Waals surface area contributed by atoms with Crippen molar-refractivity contribution in [1.29, 1.82) is 0 Å². The molecule has 0 spiro atoms. The molecule has 0 bridgehead atoms. The molecule has 8 aromatic carbocycles. The molecule has 11 rings (SSSR count). The van der Waals surface area contributed by atoms with Crippen molar-refractivity contribution in [2.75, 3.05) is 0 Å². The minimum atomic E-state index is 0.698. The van der Waals surface area contributed by atoms with Gasteiger partial charge >= 0.3 is 0 Å². The van der Waals surface area contributed by atoms with Gasteiger partial charge in [0, 0.05) is 55.8 Å². The molecule has 0 N–H and O–H groups in total. The molecule has 0 fully saturated rings. The first kappa shape index (κ1) is 31.9. The van der Waals surface area contributed by atoms with Crippen molar-refractivity contribution >= 4 is 43.5 Å². The van der Waals surface area contributed by atoms with Crippen LogP contribution in [-0.2, 0) is 0 Å². The Hall–Kier alpha value is -7.56. The smallest absolute Gasteiger partial charge is 0.160 e. The molecule has 0 aliphatic carbocycles. The Labute approximate surface area is 324 Å². The number of hydrogen-bond acceptors (Lipinski definition) is 2. The summed E-state index contributed by atoms with van der Waals surface area (Å²) < 4.78 is 4.74.